The summed E-state index contributed by atoms with van der Waals surface area (Å²) in [5.74, 6) is -0.715. The van der Waals surface area contributed by atoms with Gasteiger partial charge in [-0.15, -0.1) is 0 Å². The number of anilines is 1. The fraction of sp³-hybridized carbons (Fsp3) is 0.333. The third-order valence-corrected chi connectivity index (χ3v) is 2.01. The SMILES string of the molecule is CCOC(=O)Nc1ccc(O)cc1C(=O)OCC. The number of aromatic hydroxyl groups is 1. The molecular weight excluding hydrogens is 238 g/mol. The number of hydrogen-bond donors (Lipinski definition) is 2. The zero-order valence-corrected chi connectivity index (χ0v) is 10.2. The normalized spacial score (nSPS) is 9.67. The Bertz CT molecular complexity index is 444. The Balaban J connectivity index is 2.96. The van der Waals surface area contributed by atoms with Crippen LogP contribution >= 0.6 is 0 Å². The first-order valence-corrected chi connectivity index (χ1v) is 5.52. The summed E-state index contributed by atoms with van der Waals surface area (Å²) in [6.07, 6.45) is -0.672. The molecule has 0 radical (unpaired) electrons. The van der Waals surface area contributed by atoms with Gasteiger partial charge in [-0.05, 0) is 32.0 Å². The summed E-state index contributed by atoms with van der Waals surface area (Å²) in [4.78, 5) is 22.9. The Morgan fingerprint density at radius 3 is 2.50 bits per heavy atom. The van der Waals surface area contributed by atoms with Crippen LogP contribution in [-0.2, 0) is 9.47 Å². The summed E-state index contributed by atoms with van der Waals surface area (Å²) >= 11 is 0. The summed E-state index contributed by atoms with van der Waals surface area (Å²) < 4.78 is 9.53. The van der Waals surface area contributed by atoms with E-state index in [9.17, 15) is 14.7 Å². The lowest BCUT2D eigenvalue weighted by molar-refractivity contribution is 0.0527. The van der Waals surface area contributed by atoms with Crippen molar-refractivity contribution in [1.82, 2.24) is 0 Å². The molecule has 0 spiro atoms. The molecule has 0 aliphatic carbocycles. The smallest absolute Gasteiger partial charge is 0.411 e. The van der Waals surface area contributed by atoms with Crippen LogP contribution in [0.2, 0.25) is 0 Å². The van der Waals surface area contributed by atoms with E-state index in [2.05, 4.69) is 5.32 Å². The molecular formula is C12H15NO5. The number of benzene rings is 1. The second kappa shape index (κ2) is 6.48. The third-order valence-electron chi connectivity index (χ3n) is 2.01. The molecule has 0 aliphatic rings. The molecule has 1 amide bonds. The van der Waals surface area contributed by atoms with E-state index in [4.69, 9.17) is 9.47 Å². The summed E-state index contributed by atoms with van der Waals surface area (Å²) in [6, 6.07) is 3.97. The standard InChI is InChI=1S/C12H15NO5/c1-3-17-11(15)9-7-8(14)5-6-10(9)13-12(16)18-4-2/h5-7,14H,3-4H2,1-2H3,(H,13,16). The maximum atomic E-state index is 11.6. The van der Waals surface area contributed by atoms with E-state index >= 15 is 0 Å². The maximum absolute atomic E-state index is 11.6. The highest BCUT2D eigenvalue weighted by Crippen LogP contribution is 2.22. The molecule has 0 fully saturated rings. The van der Waals surface area contributed by atoms with Gasteiger partial charge < -0.3 is 14.6 Å². The van der Waals surface area contributed by atoms with Gasteiger partial charge in [0.15, 0.2) is 0 Å². The van der Waals surface area contributed by atoms with Gasteiger partial charge in [-0.2, -0.15) is 0 Å². The van der Waals surface area contributed by atoms with Crippen molar-refractivity contribution in [2.75, 3.05) is 18.5 Å². The molecule has 0 atom stereocenters. The van der Waals surface area contributed by atoms with Crippen molar-refractivity contribution in [3.8, 4) is 5.75 Å². The van der Waals surface area contributed by atoms with E-state index in [-0.39, 0.29) is 30.2 Å². The summed E-state index contributed by atoms with van der Waals surface area (Å²) in [7, 11) is 0. The lowest BCUT2D eigenvalue weighted by Crippen LogP contribution is -2.16. The van der Waals surface area contributed by atoms with Crippen LogP contribution in [0.3, 0.4) is 0 Å². The van der Waals surface area contributed by atoms with Crippen molar-refractivity contribution in [2.24, 2.45) is 0 Å². The number of ether oxygens (including phenoxy) is 2. The molecule has 0 bridgehead atoms. The Labute approximate surface area is 105 Å². The molecule has 1 aromatic rings. The van der Waals surface area contributed by atoms with Gasteiger partial charge >= 0.3 is 12.1 Å². The minimum atomic E-state index is -0.672. The Hall–Kier alpha value is -2.24. The third kappa shape index (κ3) is 3.65. The molecule has 0 saturated carbocycles. The highest BCUT2D eigenvalue weighted by Gasteiger charge is 2.15. The minimum absolute atomic E-state index is 0.0740. The van der Waals surface area contributed by atoms with Crippen molar-refractivity contribution < 1.29 is 24.2 Å². The van der Waals surface area contributed by atoms with Crippen molar-refractivity contribution in [3.63, 3.8) is 0 Å². The second-order valence-corrected chi connectivity index (χ2v) is 3.30. The van der Waals surface area contributed by atoms with Crippen LogP contribution in [0.15, 0.2) is 18.2 Å². The predicted molar refractivity (Wildman–Crippen MR) is 64.7 cm³/mol. The van der Waals surface area contributed by atoms with E-state index in [0.29, 0.717) is 0 Å². The highest BCUT2D eigenvalue weighted by molar-refractivity contribution is 6.00. The molecule has 1 aromatic carbocycles. The van der Waals surface area contributed by atoms with Crippen LogP contribution in [0.4, 0.5) is 10.5 Å². The molecule has 0 aromatic heterocycles. The average molecular weight is 253 g/mol. The number of esters is 1. The second-order valence-electron chi connectivity index (χ2n) is 3.30. The number of phenolic OH excluding ortho intramolecular Hbond substituents is 1. The number of amides is 1. The van der Waals surface area contributed by atoms with Gasteiger partial charge in [0.05, 0.1) is 24.5 Å². The molecule has 0 saturated heterocycles. The molecule has 6 nitrogen and oxygen atoms in total. The van der Waals surface area contributed by atoms with Crippen LogP contribution in [-0.4, -0.2) is 30.4 Å². The number of carbonyl (C=O) groups is 2. The molecule has 2 N–H and O–H groups in total. The van der Waals surface area contributed by atoms with Gasteiger partial charge in [0.1, 0.15) is 5.75 Å². The van der Waals surface area contributed by atoms with E-state index < -0.39 is 12.1 Å². The maximum Gasteiger partial charge on any atom is 0.411 e. The van der Waals surface area contributed by atoms with E-state index in [1.54, 1.807) is 13.8 Å². The highest BCUT2D eigenvalue weighted by atomic mass is 16.5. The molecule has 0 unspecified atom stereocenters. The molecule has 18 heavy (non-hydrogen) atoms. The number of phenols is 1. The molecule has 0 aliphatic heterocycles. The number of rotatable bonds is 4. The first-order chi connectivity index (χ1) is 8.58. The number of nitrogens with one attached hydrogen (secondary N) is 1. The van der Waals surface area contributed by atoms with Gasteiger partial charge in [0.25, 0.3) is 0 Å². The summed E-state index contributed by atoms with van der Waals surface area (Å²) in [6.45, 7) is 3.76. The average Bonchev–Trinajstić information content (AvgIpc) is 2.32. The van der Waals surface area contributed by atoms with Gasteiger partial charge in [-0.1, -0.05) is 0 Å². The van der Waals surface area contributed by atoms with Gasteiger partial charge in [0, 0.05) is 0 Å². The van der Waals surface area contributed by atoms with Crippen LogP contribution in [0, 0.1) is 0 Å². The molecule has 0 heterocycles. The summed E-state index contributed by atoms with van der Waals surface area (Å²) in [5.41, 5.74) is 0.301. The Morgan fingerprint density at radius 2 is 1.89 bits per heavy atom. The first kappa shape index (κ1) is 13.8. The molecule has 98 valence electrons. The van der Waals surface area contributed by atoms with E-state index in [1.807, 2.05) is 0 Å². The van der Waals surface area contributed by atoms with Crippen LogP contribution < -0.4 is 5.32 Å². The topological polar surface area (TPSA) is 84.9 Å². The zero-order chi connectivity index (χ0) is 13.5. The number of carbonyl (C=O) groups excluding carboxylic acids is 2. The van der Waals surface area contributed by atoms with Crippen LogP contribution in [0.25, 0.3) is 0 Å². The van der Waals surface area contributed by atoms with Crippen molar-refractivity contribution in [2.45, 2.75) is 13.8 Å². The quantitative estimate of drug-likeness (QED) is 0.634. The molecule has 1 rings (SSSR count). The minimum Gasteiger partial charge on any atom is -0.508 e. The molecule has 6 heteroatoms. The van der Waals surface area contributed by atoms with Crippen molar-refractivity contribution >= 4 is 17.7 Å². The van der Waals surface area contributed by atoms with Crippen molar-refractivity contribution in [1.29, 1.82) is 0 Å². The predicted octanol–water partition coefficient (Wildman–Crippen LogP) is 2.14. The fourth-order valence-corrected chi connectivity index (χ4v) is 1.30. The lowest BCUT2D eigenvalue weighted by atomic mass is 10.1. The largest absolute Gasteiger partial charge is 0.508 e. The Morgan fingerprint density at radius 1 is 1.22 bits per heavy atom. The zero-order valence-electron chi connectivity index (χ0n) is 10.2. The fourth-order valence-electron chi connectivity index (χ4n) is 1.30. The summed E-state index contributed by atoms with van der Waals surface area (Å²) in [5, 5.41) is 11.7. The van der Waals surface area contributed by atoms with Gasteiger partial charge in [-0.25, -0.2) is 9.59 Å². The lowest BCUT2D eigenvalue weighted by Gasteiger charge is -2.10. The van der Waals surface area contributed by atoms with Crippen LogP contribution in [0.5, 0.6) is 5.75 Å². The first-order valence-electron chi connectivity index (χ1n) is 5.52. The van der Waals surface area contributed by atoms with Gasteiger partial charge in [-0.3, -0.25) is 5.32 Å². The van der Waals surface area contributed by atoms with Gasteiger partial charge in [0.2, 0.25) is 0 Å². The number of hydrogen-bond acceptors (Lipinski definition) is 5. The monoisotopic (exact) mass is 253 g/mol. The van der Waals surface area contributed by atoms with E-state index in [1.165, 1.54) is 18.2 Å². The van der Waals surface area contributed by atoms with Crippen molar-refractivity contribution in [3.05, 3.63) is 23.8 Å². The van der Waals surface area contributed by atoms with E-state index in [0.717, 1.165) is 0 Å². The van der Waals surface area contributed by atoms with Crippen LogP contribution in [0.1, 0.15) is 24.2 Å². The Kier molecular flexibility index (Phi) is 4.98.